The van der Waals surface area contributed by atoms with Gasteiger partial charge in [0.2, 0.25) is 0 Å². The van der Waals surface area contributed by atoms with E-state index in [0.717, 1.165) is 12.0 Å². The molecule has 1 aromatic rings. The first-order valence-corrected chi connectivity index (χ1v) is 8.16. The molecule has 1 atom stereocenters. The van der Waals surface area contributed by atoms with Gasteiger partial charge < -0.3 is 4.90 Å². The van der Waals surface area contributed by atoms with Crippen LogP contribution in [-0.4, -0.2) is 58.6 Å². The topological polar surface area (TPSA) is 72.3 Å². The van der Waals surface area contributed by atoms with Gasteiger partial charge in [0.1, 0.15) is 11.7 Å². The third-order valence-electron chi connectivity index (χ3n) is 2.55. The lowest BCUT2D eigenvalue weighted by molar-refractivity contribution is 0.198. The molecule has 0 spiro atoms. The van der Waals surface area contributed by atoms with Crippen LogP contribution in [0.15, 0.2) is 18.7 Å². The standard InChI is InChI=1S/C9H13N3O3S2/c1-17(14,15)8-6-16-5-4-12(8)9(13)11-3-2-10-7-11/h2-3,7-8H,4-6H2,1H3. The Morgan fingerprint density at radius 1 is 1.53 bits per heavy atom. The number of sulfone groups is 1. The second-order valence-corrected chi connectivity index (χ2v) is 7.16. The molecule has 0 bridgehead atoms. The molecule has 0 aromatic carbocycles. The molecule has 1 saturated heterocycles. The van der Waals surface area contributed by atoms with Gasteiger partial charge in [0.25, 0.3) is 0 Å². The molecule has 0 radical (unpaired) electrons. The molecule has 1 aliphatic rings. The largest absolute Gasteiger partial charge is 0.330 e. The van der Waals surface area contributed by atoms with Crippen molar-refractivity contribution in [3.63, 3.8) is 0 Å². The average molecular weight is 275 g/mol. The summed E-state index contributed by atoms with van der Waals surface area (Å²) < 4.78 is 24.6. The Bertz CT molecular complexity index is 498. The molecule has 2 rings (SSSR count). The summed E-state index contributed by atoms with van der Waals surface area (Å²) in [7, 11) is -3.26. The summed E-state index contributed by atoms with van der Waals surface area (Å²) in [5, 5.41) is -0.740. The van der Waals surface area contributed by atoms with E-state index in [1.807, 2.05) is 0 Å². The summed E-state index contributed by atoms with van der Waals surface area (Å²) >= 11 is 1.55. The molecule has 17 heavy (non-hydrogen) atoms. The molecular formula is C9H13N3O3S2. The van der Waals surface area contributed by atoms with Gasteiger partial charge in [0.15, 0.2) is 9.84 Å². The lowest BCUT2D eigenvalue weighted by Gasteiger charge is -2.33. The number of imidazole rings is 1. The van der Waals surface area contributed by atoms with Crippen LogP contribution in [0.25, 0.3) is 0 Å². The maximum absolute atomic E-state index is 12.1. The van der Waals surface area contributed by atoms with Crippen LogP contribution >= 0.6 is 11.8 Å². The van der Waals surface area contributed by atoms with E-state index < -0.39 is 15.2 Å². The quantitative estimate of drug-likeness (QED) is 0.735. The van der Waals surface area contributed by atoms with Gasteiger partial charge in [-0.15, -0.1) is 0 Å². The molecule has 0 N–H and O–H groups in total. The van der Waals surface area contributed by atoms with Gasteiger partial charge in [-0.3, -0.25) is 4.57 Å². The van der Waals surface area contributed by atoms with Gasteiger partial charge in [0.05, 0.1) is 0 Å². The monoisotopic (exact) mass is 275 g/mol. The number of nitrogens with zero attached hydrogens (tertiary/aromatic N) is 3. The molecule has 1 fully saturated rings. The first kappa shape index (κ1) is 12.4. The zero-order valence-corrected chi connectivity index (χ0v) is 10.9. The van der Waals surface area contributed by atoms with Crippen molar-refractivity contribution in [3.05, 3.63) is 18.7 Å². The summed E-state index contributed by atoms with van der Waals surface area (Å²) in [6.07, 6.45) is 5.55. The van der Waals surface area contributed by atoms with E-state index >= 15 is 0 Å². The lowest BCUT2D eigenvalue weighted by atomic mass is 10.5. The number of hydrogen-bond donors (Lipinski definition) is 0. The van der Waals surface area contributed by atoms with Crippen molar-refractivity contribution < 1.29 is 13.2 Å². The highest BCUT2D eigenvalue weighted by Crippen LogP contribution is 2.21. The molecule has 2 heterocycles. The number of aromatic nitrogens is 2. The average Bonchev–Trinajstić information content (AvgIpc) is 2.80. The maximum Gasteiger partial charge on any atom is 0.330 e. The predicted octanol–water partition coefficient (Wildman–Crippen LogP) is 0.271. The van der Waals surface area contributed by atoms with Crippen LogP contribution in [0.2, 0.25) is 0 Å². The number of thioether (sulfide) groups is 1. The minimum Gasteiger partial charge on any atom is -0.305 e. The van der Waals surface area contributed by atoms with Crippen molar-refractivity contribution in [2.75, 3.05) is 24.3 Å². The number of rotatable bonds is 1. The highest BCUT2D eigenvalue weighted by atomic mass is 32.2. The fraction of sp³-hybridized carbons (Fsp3) is 0.556. The van der Waals surface area contributed by atoms with Crippen molar-refractivity contribution in [1.29, 1.82) is 0 Å². The Balaban J connectivity index is 2.26. The van der Waals surface area contributed by atoms with Crippen molar-refractivity contribution in [2.45, 2.75) is 5.37 Å². The second kappa shape index (κ2) is 4.69. The molecule has 0 saturated carbocycles. The molecule has 1 aromatic heterocycles. The minimum absolute atomic E-state index is 0.335. The zero-order valence-electron chi connectivity index (χ0n) is 9.31. The van der Waals surface area contributed by atoms with E-state index in [1.54, 1.807) is 11.8 Å². The molecule has 1 amide bonds. The van der Waals surface area contributed by atoms with Crippen LogP contribution in [0.1, 0.15) is 0 Å². The Morgan fingerprint density at radius 3 is 2.88 bits per heavy atom. The fourth-order valence-corrected chi connectivity index (χ4v) is 4.48. The van der Waals surface area contributed by atoms with E-state index in [-0.39, 0.29) is 6.03 Å². The molecule has 94 valence electrons. The van der Waals surface area contributed by atoms with Crippen molar-refractivity contribution >= 4 is 27.6 Å². The lowest BCUT2D eigenvalue weighted by Crippen LogP contribution is -2.51. The summed E-state index contributed by atoms with van der Waals surface area (Å²) in [6.45, 7) is 0.444. The number of amides is 1. The first-order valence-electron chi connectivity index (χ1n) is 5.05. The van der Waals surface area contributed by atoms with Crippen LogP contribution in [0.4, 0.5) is 4.79 Å². The highest BCUT2D eigenvalue weighted by Gasteiger charge is 2.34. The third kappa shape index (κ3) is 2.63. The Morgan fingerprint density at radius 2 is 2.29 bits per heavy atom. The van der Waals surface area contributed by atoms with Gasteiger partial charge in [-0.1, -0.05) is 0 Å². The molecule has 0 aliphatic carbocycles. The van der Waals surface area contributed by atoms with Gasteiger partial charge in [0, 0.05) is 36.7 Å². The molecule has 8 heteroatoms. The van der Waals surface area contributed by atoms with Crippen LogP contribution in [0, 0.1) is 0 Å². The van der Waals surface area contributed by atoms with Gasteiger partial charge >= 0.3 is 6.03 Å². The third-order valence-corrected chi connectivity index (χ3v) is 5.19. The van der Waals surface area contributed by atoms with E-state index in [9.17, 15) is 13.2 Å². The minimum atomic E-state index is -3.26. The van der Waals surface area contributed by atoms with Gasteiger partial charge in [-0.25, -0.2) is 18.2 Å². The van der Waals surface area contributed by atoms with E-state index in [2.05, 4.69) is 4.98 Å². The summed E-state index contributed by atoms with van der Waals surface area (Å²) in [4.78, 5) is 17.3. The van der Waals surface area contributed by atoms with Gasteiger partial charge in [-0.05, 0) is 0 Å². The molecule has 1 aliphatic heterocycles. The van der Waals surface area contributed by atoms with Crippen LogP contribution in [0.5, 0.6) is 0 Å². The first-order chi connectivity index (χ1) is 8.00. The van der Waals surface area contributed by atoms with Crippen molar-refractivity contribution in [2.24, 2.45) is 0 Å². The van der Waals surface area contributed by atoms with Gasteiger partial charge in [-0.2, -0.15) is 11.8 Å². The SMILES string of the molecule is CS(=O)(=O)C1CSCCN1C(=O)n1ccnc1. The van der Waals surface area contributed by atoms with E-state index in [0.29, 0.717) is 12.3 Å². The number of carbonyl (C=O) groups excluding carboxylic acids is 1. The molecule has 6 nitrogen and oxygen atoms in total. The Hall–Kier alpha value is -1.02. The van der Waals surface area contributed by atoms with Crippen LogP contribution < -0.4 is 0 Å². The smallest absolute Gasteiger partial charge is 0.305 e. The Labute approximate surface area is 104 Å². The van der Waals surface area contributed by atoms with E-state index in [4.69, 9.17) is 0 Å². The van der Waals surface area contributed by atoms with Crippen LogP contribution in [0.3, 0.4) is 0 Å². The zero-order chi connectivity index (χ0) is 12.5. The van der Waals surface area contributed by atoms with Crippen molar-refractivity contribution in [1.82, 2.24) is 14.5 Å². The predicted molar refractivity (Wildman–Crippen MR) is 65.7 cm³/mol. The maximum atomic E-state index is 12.1. The highest BCUT2D eigenvalue weighted by molar-refractivity contribution is 8.00. The second-order valence-electron chi connectivity index (χ2n) is 3.81. The Kier molecular flexibility index (Phi) is 3.43. The van der Waals surface area contributed by atoms with Crippen molar-refractivity contribution in [3.8, 4) is 0 Å². The van der Waals surface area contributed by atoms with Crippen LogP contribution in [-0.2, 0) is 9.84 Å². The number of hydrogen-bond acceptors (Lipinski definition) is 5. The number of carbonyl (C=O) groups is 1. The molecular weight excluding hydrogens is 262 g/mol. The molecule has 1 unspecified atom stereocenters. The summed E-state index contributed by atoms with van der Waals surface area (Å²) in [6, 6.07) is -0.335. The summed E-state index contributed by atoms with van der Waals surface area (Å²) in [5.41, 5.74) is 0. The normalized spacial score (nSPS) is 21.5. The fourth-order valence-electron chi connectivity index (χ4n) is 1.68. The van der Waals surface area contributed by atoms with E-state index in [1.165, 1.54) is 28.2 Å². The summed E-state index contributed by atoms with van der Waals surface area (Å²) in [5.74, 6) is 1.19.